The summed E-state index contributed by atoms with van der Waals surface area (Å²) in [5, 5.41) is 0. The Morgan fingerprint density at radius 3 is 2.12 bits per heavy atom. The molecule has 16 heavy (non-hydrogen) atoms. The van der Waals surface area contributed by atoms with E-state index in [2.05, 4.69) is 0 Å². The lowest BCUT2D eigenvalue weighted by Gasteiger charge is -2.12. The first kappa shape index (κ1) is 5.49. The molecule has 0 N–H and O–H groups in total. The molecule has 0 radical (unpaired) electrons. The Morgan fingerprint density at radius 1 is 1.06 bits per heavy atom. The van der Waals surface area contributed by atoms with Crippen molar-refractivity contribution in [3.8, 4) is 11.1 Å². The third-order valence-electron chi connectivity index (χ3n) is 3.12. The van der Waals surface area contributed by atoms with Crippen LogP contribution in [0.25, 0.3) is 11.1 Å². The molecule has 0 heteroatoms. The Balaban J connectivity index is 2.31. The van der Waals surface area contributed by atoms with E-state index in [-0.39, 0.29) is 5.57 Å². The van der Waals surface area contributed by atoms with Crippen LogP contribution < -0.4 is 0 Å². The Kier molecular flexibility index (Phi) is 1.15. The van der Waals surface area contributed by atoms with Crippen molar-refractivity contribution in [2.75, 3.05) is 0 Å². The molecule has 0 bridgehead atoms. The minimum Gasteiger partial charge on any atom is -0.0992 e. The predicted molar refractivity (Wildman–Crippen MR) is 68.5 cm³/mol. The number of hydrogen-bond donors (Lipinski definition) is 0. The molecule has 0 spiro atoms. The highest BCUT2D eigenvalue weighted by atomic mass is 14.3. The lowest BCUT2D eigenvalue weighted by Crippen LogP contribution is -1.96. The SMILES string of the molecule is [2H]C([2H])=C(C1c2ccccc2-c2ccccc21)C([2H])([2H])[2H]. The lowest BCUT2D eigenvalue weighted by molar-refractivity contribution is 0.986. The van der Waals surface area contributed by atoms with E-state index in [1.807, 2.05) is 48.5 Å². The van der Waals surface area contributed by atoms with Crippen molar-refractivity contribution in [3.63, 3.8) is 0 Å². The second-order valence-corrected chi connectivity index (χ2v) is 4.02. The van der Waals surface area contributed by atoms with Gasteiger partial charge in [0.05, 0.1) is 2.74 Å². The van der Waals surface area contributed by atoms with Gasteiger partial charge in [0.25, 0.3) is 0 Å². The second-order valence-electron chi connectivity index (χ2n) is 4.02. The Hall–Kier alpha value is -1.82. The van der Waals surface area contributed by atoms with E-state index >= 15 is 0 Å². The van der Waals surface area contributed by atoms with Crippen molar-refractivity contribution < 1.29 is 6.85 Å². The molecule has 0 aliphatic heterocycles. The van der Waals surface area contributed by atoms with Crippen molar-refractivity contribution >= 4 is 0 Å². The molecule has 0 aromatic heterocycles. The summed E-state index contributed by atoms with van der Waals surface area (Å²) in [6, 6.07) is 15.2. The third-order valence-corrected chi connectivity index (χ3v) is 3.12. The van der Waals surface area contributed by atoms with Crippen LogP contribution in [0.15, 0.2) is 60.6 Å². The topological polar surface area (TPSA) is 0 Å². The van der Waals surface area contributed by atoms with Crippen molar-refractivity contribution in [3.05, 3.63) is 71.8 Å². The van der Waals surface area contributed by atoms with Crippen molar-refractivity contribution in [2.45, 2.75) is 12.8 Å². The molecule has 0 atom stereocenters. The maximum atomic E-state index is 7.70. The third kappa shape index (κ3) is 1.16. The zero-order chi connectivity index (χ0) is 15.2. The van der Waals surface area contributed by atoms with Crippen molar-refractivity contribution in [1.82, 2.24) is 0 Å². The van der Waals surface area contributed by atoms with Crippen LogP contribution in [0.2, 0.25) is 0 Å². The summed E-state index contributed by atoms with van der Waals surface area (Å²) in [4.78, 5) is 0. The molecule has 0 saturated carbocycles. The molecule has 78 valence electrons. The Morgan fingerprint density at radius 2 is 1.62 bits per heavy atom. The predicted octanol–water partition coefficient (Wildman–Crippen LogP) is 4.38. The number of rotatable bonds is 1. The smallest absolute Gasteiger partial charge is 0.0538 e. The van der Waals surface area contributed by atoms with Crippen LogP contribution in [0.1, 0.15) is 30.8 Å². The molecule has 0 saturated heterocycles. The summed E-state index contributed by atoms with van der Waals surface area (Å²) in [6.45, 7) is -3.07. The van der Waals surface area contributed by atoms with E-state index in [1.165, 1.54) is 0 Å². The average molecular weight is 211 g/mol. The highest BCUT2D eigenvalue weighted by Gasteiger charge is 2.27. The second kappa shape index (κ2) is 3.34. The van der Waals surface area contributed by atoms with Gasteiger partial charge in [0, 0.05) is 10.0 Å². The highest BCUT2D eigenvalue weighted by molar-refractivity contribution is 5.80. The van der Waals surface area contributed by atoms with Gasteiger partial charge in [-0.25, -0.2) is 0 Å². The molecule has 1 aliphatic carbocycles. The molecule has 0 nitrogen and oxygen atoms in total. The average Bonchev–Trinajstić information content (AvgIpc) is 2.73. The standard InChI is InChI=1S/C16H14/c1-11(2)16-14-9-5-3-7-12(14)13-8-4-6-10-15(13)16/h3-10,16H,1H2,2H3/i1D2,2D3. The zero-order valence-corrected chi connectivity index (χ0v) is 8.70. The fraction of sp³-hybridized carbons (Fsp3) is 0.125. The quantitative estimate of drug-likeness (QED) is 0.614. The molecule has 0 amide bonds. The maximum Gasteiger partial charge on any atom is 0.0538 e. The van der Waals surface area contributed by atoms with Crippen molar-refractivity contribution in [2.24, 2.45) is 0 Å². The first-order chi connectivity index (χ1) is 9.91. The number of fused-ring (bicyclic) bond motifs is 3. The summed E-state index contributed by atoms with van der Waals surface area (Å²) in [5.74, 6) is -0.533. The van der Waals surface area contributed by atoms with Crippen LogP contribution in [0.4, 0.5) is 0 Å². The van der Waals surface area contributed by atoms with Gasteiger partial charge in [-0.1, -0.05) is 60.6 Å². The van der Waals surface area contributed by atoms with Gasteiger partial charge in [0.2, 0.25) is 0 Å². The van der Waals surface area contributed by atoms with Crippen LogP contribution in [0.5, 0.6) is 0 Å². The van der Waals surface area contributed by atoms with Crippen LogP contribution >= 0.6 is 0 Å². The molecular weight excluding hydrogens is 192 g/mol. The van der Waals surface area contributed by atoms with Crippen LogP contribution in [0.3, 0.4) is 0 Å². The molecule has 2 aromatic carbocycles. The molecule has 1 aliphatic rings. The highest BCUT2D eigenvalue weighted by Crippen LogP contribution is 2.47. The van der Waals surface area contributed by atoms with Crippen LogP contribution in [0, 0.1) is 0 Å². The van der Waals surface area contributed by atoms with E-state index in [0.717, 1.165) is 22.3 Å². The molecule has 0 unspecified atom stereocenters. The summed E-state index contributed by atoms with van der Waals surface area (Å²) < 4.78 is 38.4. The van der Waals surface area contributed by atoms with Crippen LogP contribution in [-0.2, 0) is 0 Å². The van der Waals surface area contributed by atoms with E-state index in [4.69, 9.17) is 6.85 Å². The van der Waals surface area contributed by atoms with Gasteiger partial charge in [-0.15, -0.1) is 0 Å². The fourth-order valence-electron chi connectivity index (χ4n) is 2.47. The van der Waals surface area contributed by atoms with E-state index in [1.54, 1.807) is 0 Å². The lowest BCUT2D eigenvalue weighted by atomic mass is 9.91. The summed E-state index contributed by atoms with van der Waals surface area (Å²) in [7, 11) is 0. The Labute approximate surface area is 103 Å². The van der Waals surface area contributed by atoms with E-state index < -0.39 is 19.3 Å². The maximum absolute atomic E-state index is 7.70. The molecule has 0 heterocycles. The first-order valence-corrected chi connectivity index (χ1v) is 5.27. The Bertz CT molecular complexity index is 678. The number of benzene rings is 2. The van der Waals surface area contributed by atoms with Gasteiger partial charge < -0.3 is 0 Å². The number of allylic oxidation sites excluding steroid dienone is 1. The minimum atomic E-state index is -2.45. The normalized spacial score (nSPS) is 18.4. The molecule has 3 rings (SSSR count). The monoisotopic (exact) mass is 211 g/mol. The minimum absolute atomic E-state index is 0.111. The largest absolute Gasteiger partial charge is 0.0992 e. The van der Waals surface area contributed by atoms with Gasteiger partial charge in [-0.05, 0) is 29.1 Å². The molecule has 0 fully saturated rings. The van der Waals surface area contributed by atoms with E-state index in [9.17, 15) is 0 Å². The fourth-order valence-corrected chi connectivity index (χ4v) is 2.47. The summed E-state index contributed by atoms with van der Waals surface area (Å²) >= 11 is 0. The van der Waals surface area contributed by atoms with Gasteiger partial charge >= 0.3 is 0 Å². The summed E-state index contributed by atoms with van der Waals surface area (Å²) in [5.41, 5.74) is 3.59. The van der Waals surface area contributed by atoms with Gasteiger partial charge in [-0.3, -0.25) is 0 Å². The molecule has 2 aromatic rings. The number of hydrogen-bond acceptors (Lipinski definition) is 0. The van der Waals surface area contributed by atoms with E-state index in [0.29, 0.717) is 0 Å². The van der Waals surface area contributed by atoms with Gasteiger partial charge in [0.15, 0.2) is 0 Å². The summed E-state index contributed by atoms with van der Waals surface area (Å²) in [6.07, 6.45) is 0. The van der Waals surface area contributed by atoms with Gasteiger partial charge in [0.1, 0.15) is 0 Å². The van der Waals surface area contributed by atoms with Gasteiger partial charge in [-0.2, -0.15) is 0 Å². The van der Waals surface area contributed by atoms with Crippen LogP contribution in [-0.4, -0.2) is 0 Å². The molecular formula is C16H14. The first-order valence-electron chi connectivity index (χ1n) is 7.77. The van der Waals surface area contributed by atoms with Crippen molar-refractivity contribution in [1.29, 1.82) is 0 Å². The zero-order valence-electron chi connectivity index (χ0n) is 13.7.